The Labute approximate surface area is 295 Å². The zero-order valence-electron chi connectivity index (χ0n) is 28.1. The van der Waals surface area contributed by atoms with Crippen molar-refractivity contribution in [2.45, 2.75) is 38.7 Å². The van der Waals surface area contributed by atoms with Gasteiger partial charge < -0.3 is 14.9 Å². The van der Waals surface area contributed by atoms with Gasteiger partial charge in [0.1, 0.15) is 23.9 Å². The average molecular weight is 683 g/mol. The van der Waals surface area contributed by atoms with Crippen LogP contribution in [0.4, 0.5) is 5.69 Å². The van der Waals surface area contributed by atoms with Crippen LogP contribution in [0.5, 0.6) is 17.2 Å². The molecule has 2 aliphatic heterocycles. The zero-order valence-corrected chi connectivity index (χ0v) is 28.1. The molecule has 0 radical (unpaired) electrons. The molecule has 1 saturated carbocycles. The number of anilines is 1. The normalized spacial score (nSPS) is 26.8. The van der Waals surface area contributed by atoms with Crippen molar-refractivity contribution in [1.29, 1.82) is 0 Å². The van der Waals surface area contributed by atoms with Gasteiger partial charge in [0.2, 0.25) is 23.6 Å². The Hall–Kier alpha value is -5.70. The molecule has 258 valence electrons. The molecule has 0 spiro atoms. The van der Waals surface area contributed by atoms with Crippen molar-refractivity contribution in [2.75, 3.05) is 11.4 Å². The van der Waals surface area contributed by atoms with Crippen molar-refractivity contribution < 1.29 is 34.1 Å². The average Bonchev–Trinajstić information content (AvgIpc) is 3.50. The number of rotatable bonds is 8. The number of ether oxygens (including phenoxy) is 1. The summed E-state index contributed by atoms with van der Waals surface area (Å²) in [5.41, 5.74) is 2.34. The fraction of sp³-hybridized carbons (Fsp3) is 0.286. The number of phenolic OH excluding ortho intramolecular Hbond substituents is 2. The van der Waals surface area contributed by atoms with Gasteiger partial charge in [-0.05, 0) is 73.6 Å². The Balaban J connectivity index is 1.16. The van der Waals surface area contributed by atoms with Crippen molar-refractivity contribution in [3.05, 3.63) is 131 Å². The second-order valence-electron chi connectivity index (χ2n) is 14.2. The van der Waals surface area contributed by atoms with E-state index in [1.165, 1.54) is 15.9 Å². The zero-order chi connectivity index (χ0) is 35.4. The van der Waals surface area contributed by atoms with Gasteiger partial charge in [-0.3, -0.25) is 24.1 Å². The molecule has 4 amide bonds. The molecule has 6 unspecified atom stereocenters. The van der Waals surface area contributed by atoms with E-state index in [1.807, 2.05) is 42.5 Å². The minimum absolute atomic E-state index is 0.0723. The molecule has 9 heteroatoms. The van der Waals surface area contributed by atoms with Crippen molar-refractivity contribution in [3.63, 3.8) is 0 Å². The molecule has 2 saturated heterocycles. The third-order valence-electron chi connectivity index (χ3n) is 11.5. The highest BCUT2D eigenvalue weighted by Gasteiger charge is 2.67. The predicted octanol–water partition coefficient (Wildman–Crippen LogP) is 6.15. The summed E-state index contributed by atoms with van der Waals surface area (Å²) in [6.45, 7) is 2.31. The van der Waals surface area contributed by atoms with Gasteiger partial charge in [0.05, 0.1) is 28.9 Å². The molecule has 3 fully saturated rings. The monoisotopic (exact) mass is 682 g/mol. The standard InChI is InChI=1S/C42H38N2O7/c1-42-34(39(48)44(41(42)50)27-10-6-3-7-11-27)23-33-30(37(42)31-17-16-29(22-35(31)46)51-24-26-8-4-2-5-9-26)18-19-32-36(33)40(49)43(38(32)47)21-20-25-12-14-28(45)15-13-25/h2-18,22,32-34,36-37,45-46H,19-21,23-24H2,1H3. The molecule has 0 bridgehead atoms. The van der Waals surface area contributed by atoms with Gasteiger partial charge in [0.25, 0.3) is 0 Å². The highest BCUT2D eigenvalue weighted by molar-refractivity contribution is 6.24. The number of benzene rings is 4. The summed E-state index contributed by atoms with van der Waals surface area (Å²) in [4.78, 5) is 59.6. The first-order chi connectivity index (χ1) is 24.7. The summed E-state index contributed by atoms with van der Waals surface area (Å²) < 4.78 is 6.00. The summed E-state index contributed by atoms with van der Waals surface area (Å²) in [6.07, 6.45) is 2.97. The van der Waals surface area contributed by atoms with Gasteiger partial charge in [-0.15, -0.1) is 0 Å². The quantitative estimate of drug-likeness (QED) is 0.169. The second-order valence-corrected chi connectivity index (χ2v) is 14.2. The second kappa shape index (κ2) is 12.6. The smallest absolute Gasteiger partial charge is 0.241 e. The lowest BCUT2D eigenvalue weighted by atomic mass is 9.51. The number of likely N-dealkylation sites (tertiary alicyclic amines) is 1. The van der Waals surface area contributed by atoms with Crippen LogP contribution >= 0.6 is 0 Å². The number of phenols is 2. The number of amides is 4. The van der Waals surface area contributed by atoms with E-state index >= 15 is 0 Å². The summed E-state index contributed by atoms with van der Waals surface area (Å²) in [5.74, 6) is -3.95. The van der Waals surface area contributed by atoms with Gasteiger partial charge in [-0.2, -0.15) is 0 Å². The number of carbonyl (C=O) groups is 4. The van der Waals surface area contributed by atoms with Crippen molar-refractivity contribution in [3.8, 4) is 17.2 Å². The van der Waals surface area contributed by atoms with Gasteiger partial charge in [0, 0.05) is 24.1 Å². The Kier molecular flexibility index (Phi) is 8.01. The highest BCUT2D eigenvalue weighted by atomic mass is 16.5. The van der Waals surface area contributed by atoms with Gasteiger partial charge >= 0.3 is 0 Å². The predicted molar refractivity (Wildman–Crippen MR) is 188 cm³/mol. The van der Waals surface area contributed by atoms with Crippen LogP contribution in [0, 0.1) is 29.1 Å². The van der Waals surface area contributed by atoms with E-state index in [1.54, 1.807) is 67.6 Å². The fourth-order valence-electron chi connectivity index (χ4n) is 8.97. The van der Waals surface area contributed by atoms with Gasteiger partial charge in [-0.1, -0.05) is 78.4 Å². The van der Waals surface area contributed by atoms with Crippen LogP contribution in [0.25, 0.3) is 0 Å². The Bertz CT molecular complexity index is 2060. The molecule has 8 rings (SSSR count). The van der Waals surface area contributed by atoms with E-state index in [-0.39, 0.29) is 48.1 Å². The van der Waals surface area contributed by atoms with Crippen LogP contribution in [-0.4, -0.2) is 45.3 Å². The first kappa shape index (κ1) is 32.5. The molecule has 9 nitrogen and oxygen atoms in total. The molecule has 4 aromatic rings. The lowest BCUT2D eigenvalue weighted by Gasteiger charge is -2.49. The topological polar surface area (TPSA) is 124 Å². The summed E-state index contributed by atoms with van der Waals surface area (Å²) in [6, 6.07) is 30.3. The number of para-hydroxylation sites is 1. The van der Waals surface area contributed by atoms with Gasteiger partial charge in [-0.25, -0.2) is 4.90 Å². The molecule has 4 aromatic carbocycles. The summed E-state index contributed by atoms with van der Waals surface area (Å²) in [7, 11) is 0. The minimum atomic E-state index is -1.27. The van der Waals surface area contributed by atoms with Crippen LogP contribution in [0.3, 0.4) is 0 Å². The van der Waals surface area contributed by atoms with E-state index in [4.69, 9.17) is 4.74 Å². The lowest BCUT2D eigenvalue weighted by molar-refractivity contribution is -0.140. The summed E-state index contributed by atoms with van der Waals surface area (Å²) >= 11 is 0. The lowest BCUT2D eigenvalue weighted by Crippen LogP contribution is -2.48. The number of carbonyl (C=O) groups excluding carboxylic acids is 4. The molecule has 4 aliphatic rings. The molecule has 2 aliphatic carbocycles. The van der Waals surface area contributed by atoms with E-state index < -0.39 is 35.0 Å². The van der Waals surface area contributed by atoms with Crippen molar-refractivity contribution >= 4 is 29.3 Å². The van der Waals surface area contributed by atoms with Gasteiger partial charge in [0.15, 0.2) is 0 Å². The third-order valence-corrected chi connectivity index (χ3v) is 11.5. The SMILES string of the molecule is CC12C(=O)N(c3ccccc3)C(=O)C1CC1C(=CCC3C(=O)N(CCc4ccc(O)cc4)C(=O)C31)C2c1ccc(OCc2ccccc2)cc1O. The molecule has 0 aromatic heterocycles. The first-order valence-corrected chi connectivity index (χ1v) is 17.4. The third kappa shape index (κ3) is 5.30. The summed E-state index contributed by atoms with van der Waals surface area (Å²) in [5, 5.41) is 21.3. The van der Waals surface area contributed by atoms with Crippen LogP contribution in [0.2, 0.25) is 0 Å². The fourth-order valence-corrected chi connectivity index (χ4v) is 8.97. The maximum absolute atomic E-state index is 14.6. The van der Waals surface area contributed by atoms with Crippen molar-refractivity contribution in [1.82, 2.24) is 4.90 Å². The Morgan fingerprint density at radius 1 is 0.784 bits per heavy atom. The van der Waals surface area contributed by atoms with Crippen LogP contribution in [-0.2, 0) is 32.2 Å². The number of hydrogen-bond donors (Lipinski definition) is 2. The molecule has 2 heterocycles. The van der Waals surface area contributed by atoms with Crippen molar-refractivity contribution in [2.24, 2.45) is 29.1 Å². The number of hydrogen-bond acceptors (Lipinski definition) is 7. The largest absolute Gasteiger partial charge is 0.508 e. The number of imide groups is 2. The first-order valence-electron chi connectivity index (χ1n) is 17.4. The highest BCUT2D eigenvalue weighted by Crippen LogP contribution is 2.64. The minimum Gasteiger partial charge on any atom is -0.508 e. The number of fused-ring (bicyclic) bond motifs is 4. The van der Waals surface area contributed by atoms with E-state index in [2.05, 4.69) is 0 Å². The Morgan fingerprint density at radius 3 is 2.20 bits per heavy atom. The Morgan fingerprint density at radius 2 is 1.49 bits per heavy atom. The number of allylic oxidation sites excluding steroid dienone is 2. The van der Waals surface area contributed by atoms with E-state index in [0.717, 1.165) is 16.7 Å². The maximum atomic E-state index is 14.6. The van der Waals surface area contributed by atoms with Crippen LogP contribution in [0.15, 0.2) is 115 Å². The number of nitrogens with zero attached hydrogens (tertiary/aromatic N) is 2. The molecule has 6 atom stereocenters. The van der Waals surface area contributed by atoms with E-state index in [0.29, 0.717) is 36.4 Å². The van der Waals surface area contributed by atoms with E-state index in [9.17, 15) is 29.4 Å². The molecular formula is C42H38N2O7. The molecule has 2 N–H and O–H groups in total. The maximum Gasteiger partial charge on any atom is 0.241 e. The number of aromatic hydroxyl groups is 2. The molecular weight excluding hydrogens is 644 g/mol. The van der Waals surface area contributed by atoms with Crippen LogP contribution < -0.4 is 9.64 Å². The molecule has 51 heavy (non-hydrogen) atoms. The van der Waals surface area contributed by atoms with Crippen LogP contribution in [0.1, 0.15) is 42.4 Å².